The van der Waals surface area contributed by atoms with Crippen molar-refractivity contribution in [2.75, 3.05) is 19.7 Å². The first-order valence-corrected chi connectivity index (χ1v) is 5.43. The lowest BCUT2D eigenvalue weighted by Crippen LogP contribution is -2.36. The molecule has 1 amide bonds. The first-order chi connectivity index (χ1) is 7.19. The number of amides is 1. The lowest BCUT2D eigenvalue weighted by Gasteiger charge is -2.26. The number of carbonyl (C=O) groups is 1. The van der Waals surface area contributed by atoms with E-state index in [-0.39, 0.29) is 6.09 Å². The average molecular weight is 209 g/mol. The maximum absolute atomic E-state index is 11.5. The standard InChI is InChI=1S/C12H19NO2/c1-4-10(3)11-7-6-8-13(9-11)12(14)15-5-2/h4,7H,5-6,8-9H2,1-3H3/b10-4+. The van der Waals surface area contributed by atoms with Gasteiger partial charge in [-0.25, -0.2) is 4.79 Å². The molecule has 1 aliphatic rings. The Morgan fingerprint density at radius 1 is 1.67 bits per heavy atom. The zero-order valence-electron chi connectivity index (χ0n) is 9.75. The van der Waals surface area contributed by atoms with Gasteiger partial charge in [-0.2, -0.15) is 0 Å². The minimum Gasteiger partial charge on any atom is -0.450 e. The van der Waals surface area contributed by atoms with Crippen molar-refractivity contribution in [3.8, 4) is 0 Å². The van der Waals surface area contributed by atoms with Gasteiger partial charge in [-0.05, 0) is 32.8 Å². The van der Waals surface area contributed by atoms with Crippen LogP contribution in [0.4, 0.5) is 4.79 Å². The number of allylic oxidation sites excluding steroid dienone is 1. The van der Waals surface area contributed by atoms with Crippen LogP contribution in [-0.2, 0) is 4.74 Å². The number of rotatable bonds is 2. The maximum Gasteiger partial charge on any atom is 0.410 e. The molecule has 1 aliphatic heterocycles. The molecule has 0 fully saturated rings. The Kier molecular flexibility index (Phi) is 4.40. The number of carbonyl (C=O) groups excluding carboxylic acids is 1. The molecule has 0 aliphatic carbocycles. The van der Waals surface area contributed by atoms with Crippen LogP contribution in [0, 0.1) is 0 Å². The van der Waals surface area contributed by atoms with Crippen LogP contribution < -0.4 is 0 Å². The van der Waals surface area contributed by atoms with Crippen molar-refractivity contribution in [3.05, 3.63) is 23.3 Å². The molecule has 0 bridgehead atoms. The molecule has 0 atom stereocenters. The minimum absolute atomic E-state index is 0.202. The normalized spacial score (nSPS) is 17.4. The van der Waals surface area contributed by atoms with Crippen molar-refractivity contribution in [2.24, 2.45) is 0 Å². The van der Waals surface area contributed by atoms with E-state index >= 15 is 0 Å². The SMILES string of the molecule is C/C=C(\C)C1=CCCN(C(=O)OCC)C1. The summed E-state index contributed by atoms with van der Waals surface area (Å²) in [6, 6.07) is 0. The minimum atomic E-state index is -0.202. The molecule has 0 aromatic rings. The van der Waals surface area contributed by atoms with E-state index in [2.05, 4.69) is 19.1 Å². The zero-order chi connectivity index (χ0) is 11.3. The maximum atomic E-state index is 11.5. The van der Waals surface area contributed by atoms with Crippen molar-refractivity contribution in [2.45, 2.75) is 27.2 Å². The molecule has 0 unspecified atom stereocenters. The highest BCUT2D eigenvalue weighted by Gasteiger charge is 2.19. The Hall–Kier alpha value is -1.25. The monoisotopic (exact) mass is 209 g/mol. The molecule has 0 spiro atoms. The number of nitrogens with zero attached hydrogens (tertiary/aromatic N) is 1. The molecule has 15 heavy (non-hydrogen) atoms. The van der Waals surface area contributed by atoms with Crippen LogP contribution in [0.1, 0.15) is 27.2 Å². The molecular weight excluding hydrogens is 190 g/mol. The van der Waals surface area contributed by atoms with Gasteiger partial charge in [-0.1, -0.05) is 17.7 Å². The summed E-state index contributed by atoms with van der Waals surface area (Å²) >= 11 is 0. The summed E-state index contributed by atoms with van der Waals surface area (Å²) in [7, 11) is 0. The van der Waals surface area contributed by atoms with Crippen LogP contribution in [0.25, 0.3) is 0 Å². The van der Waals surface area contributed by atoms with Crippen LogP contribution in [0.3, 0.4) is 0 Å². The summed E-state index contributed by atoms with van der Waals surface area (Å²) in [5.74, 6) is 0. The summed E-state index contributed by atoms with van der Waals surface area (Å²) in [5.41, 5.74) is 2.47. The molecule has 3 nitrogen and oxygen atoms in total. The van der Waals surface area contributed by atoms with Crippen molar-refractivity contribution < 1.29 is 9.53 Å². The van der Waals surface area contributed by atoms with Crippen LogP contribution in [0.2, 0.25) is 0 Å². The zero-order valence-corrected chi connectivity index (χ0v) is 9.75. The Labute approximate surface area is 91.4 Å². The third-order valence-corrected chi connectivity index (χ3v) is 2.62. The van der Waals surface area contributed by atoms with Crippen LogP contribution in [-0.4, -0.2) is 30.7 Å². The molecule has 3 heteroatoms. The quantitative estimate of drug-likeness (QED) is 0.700. The fraction of sp³-hybridized carbons (Fsp3) is 0.583. The third kappa shape index (κ3) is 3.11. The van der Waals surface area contributed by atoms with E-state index < -0.39 is 0 Å². The fourth-order valence-electron chi connectivity index (χ4n) is 1.59. The van der Waals surface area contributed by atoms with E-state index in [1.807, 2.05) is 13.8 Å². The summed E-state index contributed by atoms with van der Waals surface area (Å²) in [5, 5.41) is 0. The predicted molar refractivity (Wildman–Crippen MR) is 60.7 cm³/mol. The highest BCUT2D eigenvalue weighted by atomic mass is 16.6. The lowest BCUT2D eigenvalue weighted by atomic mass is 10.0. The largest absolute Gasteiger partial charge is 0.450 e. The topological polar surface area (TPSA) is 29.5 Å². The van der Waals surface area contributed by atoms with Gasteiger partial charge in [0.25, 0.3) is 0 Å². The Balaban J connectivity index is 2.61. The van der Waals surface area contributed by atoms with Gasteiger partial charge in [0.05, 0.1) is 6.61 Å². The number of hydrogen-bond acceptors (Lipinski definition) is 2. The second kappa shape index (κ2) is 5.59. The molecule has 0 radical (unpaired) electrons. The van der Waals surface area contributed by atoms with Crippen molar-refractivity contribution in [3.63, 3.8) is 0 Å². The second-order valence-electron chi connectivity index (χ2n) is 3.61. The number of hydrogen-bond donors (Lipinski definition) is 0. The van der Waals surface area contributed by atoms with Crippen molar-refractivity contribution >= 4 is 6.09 Å². The first kappa shape index (κ1) is 11.8. The molecule has 0 saturated heterocycles. The van der Waals surface area contributed by atoms with E-state index in [0.717, 1.165) is 13.0 Å². The molecular formula is C12H19NO2. The van der Waals surface area contributed by atoms with Gasteiger partial charge in [-0.15, -0.1) is 0 Å². The van der Waals surface area contributed by atoms with E-state index in [1.165, 1.54) is 11.1 Å². The molecule has 0 N–H and O–H groups in total. The average Bonchev–Trinajstić information content (AvgIpc) is 2.28. The Morgan fingerprint density at radius 3 is 3.00 bits per heavy atom. The van der Waals surface area contributed by atoms with Gasteiger partial charge in [0.2, 0.25) is 0 Å². The van der Waals surface area contributed by atoms with Gasteiger partial charge in [0.1, 0.15) is 0 Å². The summed E-state index contributed by atoms with van der Waals surface area (Å²) in [6.45, 7) is 7.79. The van der Waals surface area contributed by atoms with Crippen LogP contribution in [0.5, 0.6) is 0 Å². The summed E-state index contributed by atoms with van der Waals surface area (Å²) < 4.78 is 4.98. The van der Waals surface area contributed by atoms with Crippen molar-refractivity contribution in [1.29, 1.82) is 0 Å². The van der Waals surface area contributed by atoms with Crippen LogP contribution >= 0.6 is 0 Å². The van der Waals surface area contributed by atoms with Crippen molar-refractivity contribution in [1.82, 2.24) is 4.90 Å². The molecule has 0 aromatic heterocycles. The Morgan fingerprint density at radius 2 is 2.40 bits per heavy atom. The molecule has 0 aromatic carbocycles. The molecule has 1 heterocycles. The Bertz CT molecular complexity index is 292. The molecule has 1 rings (SSSR count). The van der Waals surface area contributed by atoms with Gasteiger partial charge in [0.15, 0.2) is 0 Å². The highest BCUT2D eigenvalue weighted by molar-refractivity contribution is 5.68. The predicted octanol–water partition coefficient (Wildman–Crippen LogP) is 2.74. The summed E-state index contributed by atoms with van der Waals surface area (Å²) in [6.07, 6.45) is 4.98. The second-order valence-corrected chi connectivity index (χ2v) is 3.61. The van der Waals surface area contributed by atoms with Gasteiger partial charge in [0, 0.05) is 13.1 Å². The van der Waals surface area contributed by atoms with Gasteiger partial charge >= 0.3 is 6.09 Å². The van der Waals surface area contributed by atoms with E-state index in [1.54, 1.807) is 4.90 Å². The van der Waals surface area contributed by atoms with Crippen LogP contribution in [0.15, 0.2) is 23.3 Å². The smallest absolute Gasteiger partial charge is 0.410 e. The van der Waals surface area contributed by atoms with E-state index in [9.17, 15) is 4.79 Å². The highest BCUT2D eigenvalue weighted by Crippen LogP contribution is 2.17. The summed E-state index contributed by atoms with van der Waals surface area (Å²) in [4.78, 5) is 13.3. The number of ether oxygens (including phenoxy) is 1. The van der Waals surface area contributed by atoms with Gasteiger partial charge in [-0.3, -0.25) is 0 Å². The molecule has 0 saturated carbocycles. The lowest BCUT2D eigenvalue weighted by molar-refractivity contribution is 0.110. The fourth-order valence-corrected chi connectivity index (χ4v) is 1.59. The van der Waals surface area contributed by atoms with E-state index in [0.29, 0.717) is 13.2 Å². The molecule has 84 valence electrons. The third-order valence-electron chi connectivity index (χ3n) is 2.62. The van der Waals surface area contributed by atoms with E-state index in [4.69, 9.17) is 4.74 Å². The first-order valence-electron chi connectivity index (χ1n) is 5.43. The van der Waals surface area contributed by atoms with Gasteiger partial charge < -0.3 is 9.64 Å².